The number of ether oxygens (including phenoxy) is 1. The van der Waals surface area contributed by atoms with Crippen molar-refractivity contribution in [2.45, 2.75) is 19.7 Å². The van der Waals surface area contributed by atoms with E-state index in [2.05, 4.69) is 15.2 Å². The number of hydrogen-bond acceptors (Lipinski definition) is 5. The summed E-state index contributed by atoms with van der Waals surface area (Å²) in [6, 6.07) is 15.5. The molecule has 0 spiro atoms. The first-order valence-electron chi connectivity index (χ1n) is 8.38. The number of amides is 1. The number of thiazole rings is 1. The van der Waals surface area contributed by atoms with E-state index in [1.165, 1.54) is 0 Å². The summed E-state index contributed by atoms with van der Waals surface area (Å²) in [5.74, 6) is 0.729. The van der Waals surface area contributed by atoms with Gasteiger partial charge < -0.3 is 15.0 Å². The molecule has 0 unspecified atom stereocenters. The van der Waals surface area contributed by atoms with Crippen LogP contribution in [0.4, 0.5) is 5.69 Å². The summed E-state index contributed by atoms with van der Waals surface area (Å²) < 4.78 is 5.80. The monoisotopic (exact) mass is 365 g/mol. The number of nitrogens with one attached hydrogen (secondary N) is 1. The van der Waals surface area contributed by atoms with Crippen molar-refractivity contribution >= 4 is 22.9 Å². The zero-order valence-corrected chi connectivity index (χ0v) is 15.4. The van der Waals surface area contributed by atoms with E-state index in [1.54, 1.807) is 11.3 Å². The Labute approximate surface area is 156 Å². The quantitative estimate of drug-likeness (QED) is 0.762. The molecule has 1 aliphatic rings. The van der Waals surface area contributed by atoms with E-state index in [0.29, 0.717) is 12.2 Å². The molecule has 0 saturated carbocycles. The lowest BCUT2D eigenvalue weighted by Crippen LogP contribution is -2.44. The highest BCUT2D eigenvalue weighted by Gasteiger charge is 2.28. The fraction of sp³-hybridized carbons (Fsp3) is 0.200. The van der Waals surface area contributed by atoms with Gasteiger partial charge in [-0.15, -0.1) is 11.3 Å². The van der Waals surface area contributed by atoms with Gasteiger partial charge in [-0.05, 0) is 36.8 Å². The van der Waals surface area contributed by atoms with Gasteiger partial charge in [0, 0.05) is 12.4 Å². The number of aryl methyl sites for hydroxylation is 1. The van der Waals surface area contributed by atoms with Crippen LogP contribution < -0.4 is 15.0 Å². The second-order valence-corrected chi connectivity index (χ2v) is 7.28. The molecule has 6 heteroatoms. The van der Waals surface area contributed by atoms with Gasteiger partial charge in [0.15, 0.2) is 0 Å². The number of anilines is 1. The molecule has 0 bridgehead atoms. The molecule has 3 aromatic rings. The minimum atomic E-state index is -0.201. The van der Waals surface area contributed by atoms with Gasteiger partial charge in [0.1, 0.15) is 18.5 Å². The van der Waals surface area contributed by atoms with Crippen LogP contribution in [0.3, 0.4) is 0 Å². The van der Waals surface area contributed by atoms with Crippen LogP contribution in [0, 0.1) is 6.92 Å². The highest BCUT2D eigenvalue weighted by Crippen LogP contribution is 2.32. The lowest BCUT2D eigenvalue weighted by molar-refractivity contribution is 0.0928. The molecule has 2 aromatic carbocycles. The maximum atomic E-state index is 12.4. The second-order valence-electron chi connectivity index (χ2n) is 6.22. The average Bonchev–Trinajstić information content (AvgIpc) is 3.09. The molecule has 0 aliphatic carbocycles. The maximum absolute atomic E-state index is 12.4. The molecule has 1 N–H and O–H groups in total. The predicted octanol–water partition coefficient (Wildman–Crippen LogP) is 3.91. The van der Waals surface area contributed by atoms with Crippen molar-refractivity contribution in [2.24, 2.45) is 0 Å². The zero-order valence-electron chi connectivity index (χ0n) is 14.6. The van der Waals surface area contributed by atoms with E-state index >= 15 is 0 Å². The van der Waals surface area contributed by atoms with Crippen LogP contribution in [0.25, 0.3) is 0 Å². The first kappa shape index (κ1) is 16.6. The molecule has 26 heavy (non-hydrogen) atoms. The topological polar surface area (TPSA) is 54.5 Å². The van der Waals surface area contributed by atoms with Crippen LogP contribution in [-0.2, 0) is 6.61 Å². The summed E-state index contributed by atoms with van der Waals surface area (Å²) in [4.78, 5) is 18.8. The van der Waals surface area contributed by atoms with Crippen LogP contribution in [0.5, 0.6) is 5.75 Å². The van der Waals surface area contributed by atoms with Crippen molar-refractivity contribution in [1.82, 2.24) is 10.3 Å². The van der Waals surface area contributed by atoms with E-state index in [0.717, 1.165) is 27.7 Å². The van der Waals surface area contributed by atoms with E-state index in [-0.39, 0.29) is 12.1 Å². The third-order valence-corrected chi connectivity index (χ3v) is 5.26. The molecular formula is C20H19N3O2S. The summed E-state index contributed by atoms with van der Waals surface area (Å²) in [6.07, 6.45) is -0.201. The van der Waals surface area contributed by atoms with Gasteiger partial charge in [0.05, 0.1) is 22.0 Å². The number of para-hydroxylation sites is 1. The molecule has 0 fully saturated rings. The Morgan fingerprint density at radius 1 is 1.19 bits per heavy atom. The maximum Gasteiger partial charge on any atom is 0.255 e. The van der Waals surface area contributed by atoms with Crippen molar-refractivity contribution in [3.8, 4) is 5.75 Å². The molecule has 5 nitrogen and oxygen atoms in total. The molecule has 4 rings (SSSR count). The molecular weight excluding hydrogens is 346 g/mol. The number of nitrogens with zero attached hydrogens (tertiary/aromatic N) is 2. The number of fused-ring (bicyclic) bond motifs is 1. The molecule has 1 atom stereocenters. The predicted molar refractivity (Wildman–Crippen MR) is 103 cm³/mol. The molecule has 132 valence electrons. The van der Waals surface area contributed by atoms with Crippen LogP contribution in [-0.4, -0.2) is 17.9 Å². The van der Waals surface area contributed by atoms with Crippen molar-refractivity contribution in [1.29, 1.82) is 0 Å². The standard InChI is InChI=1S/C20H19N3O2S/c1-13-21-15(12-26-13)11-25-16-9-7-14(8-10-16)19-22-20(24)17-5-3-4-6-18(17)23(19)2/h3-10,12,19H,11H2,1-2H3,(H,22,24)/t19-/m0/s1. The minimum absolute atomic E-state index is 0.0528. The number of benzene rings is 2. The Morgan fingerprint density at radius 2 is 1.96 bits per heavy atom. The van der Waals surface area contributed by atoms with Crippen molar-refractivity contribution in [2.75, 3.05) is 11.9 Å². The van der Waals surface area contributed by atoms with Gasteiger partial charge in [-0.25, -0.2) is 4.98 Å². The highest BCUT2D eigenvalue weighted by molar-refractivity contribution is 7.09. The largest absolute Gasteiger partial charge is 0.487 e. The number of carbonyl (C=O) groups is 1. The summed E-state index contributed by atoms with van der Waals surface area (Å²) in [7, 11) is 1.98. The Kier molecular flexibility index (Phi) is 4.34. The van der Waals surface area contributed by atoms with E-state index in [9.17, 15) is 4.79 Å². The second kappa shape index (κ2) is 6.80. The average molecular weight is 365 g/mol. The fourth-order valence-electron chi connectivity index (χ4n) is 3.10. The minimum Gasteiger partial charge on any atom is -0.487 e. The van der Waals surface area contributed by atoms with E-state index in [4.69, 9.17) is 4.74 Å². The highest BCUT2D eigenvalue weighted by atomic mass is 32.1. The number of rotatable bonds is 4. The van der Waals surface area contributed by atoms with Gasteiger partial charge in [-0.2, -0.15) is 0 Å². The third-order valence-electron chi connectivity index (χ3n) is 4.43. The van der Waals surface area contributed by atoms with Crippen LogP contribution in [0.1, 0.15) is 32.8 Å². The smallest absolute Gasteiger partial charge is 0.255 e. The molecule has 1 amide bonds. The molecule has 1 aromatic heterocycles. The van der Waals surface area contributed by atoms with Gasteiger partial charge >= 0.3 is 0 Å². The molecule has 0 saturated heterocycles. The first-order chi connectivity index (χ1) is 12.6. The van der Waals surface area contributed by atoms with Crippen LogP contribution in [0.2, 0.25) is 0 Å². The third kappa shape index (κ3) is 3.15. The summed E-state index contributed by atoms with van der Waals surface area (Å²) in [6.45, 7) is 2.44. The Hall–Kier alpha value is -2.86. The van der Waals surface area contributed by atoms with E-state index < -0.39 is 0 Å². The van der Waals surface area contributed by atoms with Gasteiger partial charge in [-0.3, -0.25) is 4.79 Å². The first-order valence-corrected chi connectivity index (χ1v) is 9.26. The lowest BCUT2D eigenvalue weighted by atomic mass is 10.0. The number of aromatic nitrogens is 1. The lowest BCUT2D eigenvalue weighted by Gasteiger charge is -2.36. The number of hydrogen-bond donors (Lipinski definition) is 1. The molecule has 1 aliphatic heterocycles. The van der Waals surface area contributed by atoms with Gasteiger partial charge in [-0.1, -0.05) is 24.3 Å². The Morgan fingerprint density at radius 3 is 2.69 bits per heavy atom. The normalized spacial score (nSPS) is 16.2. The van der Waals surface area contributed by atoms with Crippen LogP contribution >= 0.6 is 11.3 Å². The Bertz CT molecular complexity index is 936. The van der Waals surface area contributed by atoms with Crippen molar-refractivity contribution in [3.63, 3.8) is 0 Å². The van der Waals surface area contributed by atoms with Crippen molar-refractivity contribution in [3.05, 3.63) is 75.7 Å². The molecule has 2 heterocycles. The Balaban J connectivity index is 1.49. The molecule has 0 radical (unpaired) electrons. The van der Waals surface area contributed by atoms with Crippen LogP contribution in [0.15, 0.2) is 53.9 Å². The summed E-state index contributed by atoms with van der Waals surface area (Å²) in [5.41, 5.74) is 3.57. The SMILES string of the molecule is Cc1nc(COc2ccc([C@H]3NC(=O)c4ccccc4N3C)cc2)cs1. The summed E-state index contributed by atoms with van der Waals surface area (Å²) >= 11 is 1.62. The fourth-order valence-corrected chi connectivity index (χ4v) is 3.69. The van der Waals surface area contributed by atoms with Gasteiger partial charge in [0.2, 0.25) is 0 Å². The van der Waals surface area contributed by atoms with E-state index in [1.807, 2.05) is 67.9 Å². The van der Waals surface area contributed by atoms with Gasteiger partial charge in [0.25, 0.3) is 5.91 Å². The zero-order chi connectivity index (χ0) is 18.1. The number of carbonyl (C=O) groups excluding carboxylic acids is 1. The summed E-state index contributed by atoms with van der Waals surface area (Å²) in [5, 5.41) is 6.10. The van der Waals surface area contributed by atoms with Crippen molar-refractivity contribution < 1.29 is 9.53 Å².